The van der Waals surface area contributed by atoms with E-state index in [-0.39, 0.29) is 22.3 Å². The van der Waals surface area contributed by atoms with Crippen molar-refractivity contribution >= 4 is 22.5 Å². The van der Waals surface area contributed by atoms with Gasteiger partial charge in [0.25, 0.3) is 0 Å². The van der Waals surface area contributed by atoms with Crippen LogP contribution >= 0.6 is 11.6 Å². The Labute approximate surface area is 140 Å². The smallest absolute Gasteiger partial charge is 0.229 e. The Bertz CT molecular complexity index is 687. The average Bonchev–Trinajstić information content (AvgIpc) is 2.93. The van der Waals surface area contributed by atoms with Gasteiger partial charge in [-0.2, -0.15) is 0 Å². The van der Waals surface area contributed by atoms with Crippen molar-refractivity contribution in [2.45, 2.75) is 43.6 Å². The third kappa shape index (κ3) is 3.51. The minimum Gasteiger partial charge on any atom is -0.361 e. The number of rotatable bonds is 5. The molecule has 4 unspecified atom stereocenters. The molecule has 1 aromatic carbocycles. The van der Waals surface area contributed by atoms with Gasteiger partial charge < -0.3 is 10.3 Å². The fourth-order valence-corrected chi connectivity index (χ4v) is 3.94. The van der Waals surface area contributed by atoms with Crippen LogP contribution in [0.1, 0.15) is 25.3 Å². The second kappa shape index (κ2) is 6.89. The second-order valence-corrected chi connectivity index (χ2v) is 7.05. The maximum atomic E-state index is 11.0. The first-order chi connectivity index (χ1) is 11.1. The number of halogens is 1. The van der Waals surface area contributed by atoms with Gasteiger partial charge in [-0.25, -0.2) is 0 Å². The summed E-state index contributed by atoms with van der Waals surface area (Å²) >= 11 is 6.21. The average molecular weight is 336 g/mol. The summed E-state index contributed by atoms with van der Waals surface area (Å²) in [5.41, 5.74) is 2.45. The van der Waals surface area contributed by atoms with Crippen molar-refractivity contribution in [2.75, 3.05) is 6.54 Å². The van der Waals surface area contributed by atoms with E-state index in [9.17, 15) is 10.1 Å². The van der Waals surface area contributed by atoms with Crippen LogP contribution in [0.3, 0.4) is 0 Å². The van der Waals surface area contributed by atoms with Crippen LogP contribution < -0.4 is 5.32 Å². The lowest BCUT2D eigenvalue weighted by Crippen LogP contribution is -2.48. The molecule has 2 N–H and O–H groups in total. The van der Waals surface area contributed by atoms with Gasteiger partial charge in [0.1, 0.15) is 5.38 Å². The van der Waals surface area contributed by atoms with Gasteiger partial charge in [-0.15, -0.1) is 11.6 Å². The van der Waals surface area contributed by atoms with E-state index in [0.717, 1.165) is 18.5 Å². The van der Waals surface area contributed by atoms with E-state index in [1.807, 2.05) is 12.1 Å². The minimum atomic E-state index is -0.613. The minimum absolute atomic E-state index is 0.226. The zero-order valence-corrected chi connectivity index (χ0v) is 13.9. The summed E-state index contributed by atoms with van der Waals surface area (Å²) in [5.74, 6) is 0.267. The summed E-state index contributed by atoms with van der Waals surface area (Å²) < 4.78 is 0. The first-order valence-electron chi connectivity index (χ1n) is 8.12. The maximum Gasteiger partial charge on any atom is 0.229 e. The Morgan fingerprint density at radius 3 is 2.96 bits per heavy atom. The molecule has 1 aliphatic carbocycles. The Morgan fingerprint density at radius 2 is 2.17 bits per heavy atom. The van der Waals surface area contributed by atoms with Gasteiger partial charge in [-0.05, 0) is 36.9 Å². The predicted molar refractivity (Wildman–Crippen MR) is 92.6 cm³/mol. The Kier molecular flexibility index (Phi) is 4.87. The molecule has 124 valence electrons. The molecule has 1 heterocycles. The van der Waals surface area contributed by atoms with Crippen LogP contribution in [0.4, 0.5) is 0 Å². The van der Waals surface area contributed by atoms with Crippen LogP contribution in [0.5, 0.6) is 0 Å². The lowest BCUT2D eigenvalue weighted by Gasteiger charge is -2.34. The van der Waals surface area contributed by atoms with Gasteiger partial charge in [-0.3, -0.25) is 10.1 Å². The highest BCUT2D eigenvalue weighted by Crippen LogP contribution is 2.30. The molecule has 2 aromatic rings. The van der Waals surface area contributed by atoms with Crippen LogP contribution in [0.25, 0.3) is 10.9 Å². The topological polar surface area (TPSA) is 71.0 Å². The number of benzene rings is 1. The summed E-state index contributed by atoms with van der Waals surface area (Å²) in [5, 5.41) is 15.4. The van der Waals surface area contributed by atoms with E-state index in [2.05, 4.69) is 35.6 Å². The molecule has 0 radical (unpaired) electrons. The number of H-pyrrole nitrogens is 1. The number of nitrogens with zero attached hydrogens (tertiary/aromatic N) is 1. The predicted octanol–water partition coefficient (Wildman–Crippen LogP) is 3.35. The van der Waals surface area contributed by atoms with Gasteiger partial charge in [0.15, 0.2) is 0 Å². The van der Waals surface area contributed by atoms with Gasteiger partial charge in [0.05, 0.1) is 0 Å². The first kappa shape index (κ1) is 16.3. The Balaban J connectivity index is 1.55. The fraction of sp³-hybridized carbons (Fsp3) is 0.529. The van der Waals surface area contributed by atoms with Crippen molar-refractivity contribution in [3.05, 3.63) is 46.1 Å². The number of nitrogens with one attached hydrogen (secondary N) is 2. The SMILES string of the molecule is CC1CC([N+](=O)[O-])C(Cl)CC1NCCc1c[nH]c2ccccc12. The molecule has 0 spiro atoms. The van der Waals surface area contributed by atoms with E-state index >= 15 is 0 Å². The largest absolute Gasteiger partial charge is 0.361 e. The summed E-state index contributed by atoms with van der Waals surface area (Å²) in [6.45, 7) is 2.92. The molecule has 23 heavy (non-hydrogen) atoms. The number of hydrogen-bond acceptors (Lipinski definition) is 3. The highest BCUT2D eigenvalue weighted by Gasteiger charge is 2.40. The molecule has 5 nitrogen and oxygen atoms in total. The van der Waals surface area contributed by atoms with Gasteiger partial charge >= 0.3 is 0 Å². The van der Waals surface area contributed by atoms with Crippen molar-refractivity contribution in [2.24, 2.45) is 5.92 Å². The zero-order chi connectivity index (χ0) is 16.4. The van der Waals surface area contributed by atoms with Crippen LogP contribution in [-0.4, -0.2) is 33.9 Å². The number of alkyl halides is 1. The van der Waals surface area contributed by atoms with E-state index < -0.39 is 6.04 Å². The number of aromatic amines is 1. The number of fused-ring (bicyclic) bond motifs is 1. The number of aromatic nitrogens is 1. The molecule has 1 saturated carbocycles. The molecule has 4 atom stereocenters. The van der Waals surface area contributed by atoms with Crippen molar-refractivity contribution in [1.82, 2.24) is 10.3 Å². The van der Waals surface area contributed by atoms with E-state index in [4.69, 9.17) is 11.6 Å². The molecule has 0 aliphatic heterocycles. The van der Waals surface area contributed by atoms with E-state index in [0.29, 0.717) is 12.8 Å². The summed E-state index contributed by atoms with van der Waals surface area (Å²) in [6.07, 6.45) is 4.19. The van der Waals surface area contributed by atoms with Crippen molar-refractivity contribution < 1.29 is 4.92 Å². The summed E-state index contributed by atoms with van der Waals surface area (Å²) in [7, 11) is 0. The molecule has 0 saturated heterocycles. The third-order valence-electron chi connectivity index (χ3n) is 4.94. The summed E-state index contributed by atoms with van der Waals surface area (Å²) in [4.78, 5) is 14.1. The van der Waals surface area contributed by atoms with Crippen molar-refractivity contribution in [3.8, 4) is 0 Å². The van der Waals surface area contributed by atoms with Gasteiger partial charge in [0, 0.05) is 34.5 Å². The third-order valence-corrected chi connectivity index (χ3v) is 5.41. The number of para-hydroxylation sites is 1. The molecule has 0 bridgehead atoms. The van der Waals surface area contributed by atoms with Gasteiger partial charge in [0.2, 0.25) is 6.04 Å². The maximum absolute atomic E-state index is 11.0. The van der Waals surface area contributed by atoms with Crippen LogP contribution in [0.15, 0.2) is 30.5 Å². The molecule has 0 amide bonds. The van der Waals surface area contributed by atoms with E-state index in [1.54, 1.807) is 0 Å². The first-order valence-corrected chi connectivity index (χ1v) is 8.56. The molecule has 6 heteroatoms. The summed E-state index contributed by atoms with van der Waals surface area (Å²) in [6, 6.07) is 7.91. The van der Waals surface area contributed by atoms with Crippen molar-refractivity contribution in [3.63, 3.8) is 0 Å². The number of nitro groups is 1. The van der Waals surface area contributed by atoms with Gasteiger partial charge in [-0.1, -0.05) is 25.1 Å². The zero-order valence-electron chi connectivity index (χ0n) is 13.2. The molecule has 1 aromatic heterocycles. The normalized spacial score (nSPS) is 28.1. The van der Waals surface area contributed by atoms with Crippen LogP contribution in [0.2, 0.25) is 0 Å². The van der Waals surface area contributed by atoms with Crippen LogP contribution in [0, 0.1) is 16.0 Å². The quantitative estimate of drug-likeness (QED) is 0.500. The molecule has 1 fully saturated rings. The van der Waals surface area contributed by atoms with Crippen molar-refractivity contribution in [1.29, 1.82) is 0 Å². The highest BCUT2D eigenvalue weighted by atomic mass is 35.5. The molecular formula is C17H22ClN3O2. The molecule has 3 rings (SSSR count). The highest BCUT2D eigenvalue weighted by molar-refractivity contribution is 6.21. The number of hydrogen-bond donors (Lipinski definition) is 2. The van der Waals surface area contributed by atoms with Crippen LogP contribution in [-0.2, 0) is 6.42 Å². The lowest BCUT2D eigenvalue weighted by molar-refractivity contribution is -0.526. The monoisotopic (exact) mass is 335 g/mol. The Hall–Kier alpha value is -1.59. The molecule has 1 aliphatic rings. The molecular weight excluding hydrogens is 314 g/mol. The Morgan fingerprint density at radius 1 is 1.39 bits per heavy atom. The lowest BCUT2D eigenvalue weighted by atomic mass is 9.82. The second-order valence-electron chi connectivity index (χ2n) is 6.49. The fourth-order valence-electron chi connectivity index (χ4n) is 3.56. The standard InChI is InChI=1S/C17H22ClN3O2/c1-11-8-17(21(22)23)14(18)9-16(11)19-7-6-12-10-20-15-5-3-2-4-13(12)15/h2-5,10-11,14,16-17,19-20H,6-9H2,1H3. The van der Waals surface area contributed by atoms with E-state index in [1.165, 1.54) is 10.9 Å².